The number of Topliss-reactive ketones (excluding diaryl/α,β-unsaturated/α-hetero) is 1. The largest absolute Gasteiger partial charge is 0.292 e. The molecule has 0 bridgehead atoms. The maximum Gasteiger partial charge on any atom is 0.185 e. The first kappa shape index (κ1) is 13.1. The van der Waals surface area contributed by atoms with Gasteiger partial charge in [0.05, 0.1) is 16.1 Å². The summed E-state index contributed by atoms with van der Waals surface area (Å²) in [4.78, 5) is 12.1. The Morgan fingerprint density at radius 1 is 1.28 bits per heavy atom. The summed E-state index contributed by atoms with van der Waals surface area (Å²) in [5, 5.41) is 13.4. The van der Waals surface area contributed by atoms with Gasteiger partial charge in [-0.05, 0) is 29.1 Å². The number of nitrogens with zero attached hydrogens (tertiary/aromatic N) is 1. The van der Waals surface area contributed by atoms with E-state index in [1.54, 1.807) is 35.0 Å². The zero-order valence-corrected chi connectivity index (χ0v) is 11.4. The normalized spacial score (nSPS) is 11.8. The summed E-state index contributed by atoms with van der Waals surface area (Å²) >= 11 is 13.1. The van der Waals surface area contributed by atoms with Gasteiger partial charge in [0.2, 0.25) is 0 Å². The Bertz CT molecular complexity index is 616. The molecule has 0 radical (unpaired) electrons. The van der Waals surface area contributed by atoms with Gasteiger partial charge in [0.25, 0.3) is 0 Å². The molecule has 0 saturated heterocycles. The van der Waals surface area contributed by atoms with E-state index < -0.39 is 5.92 Å². The van der Waals surface area contributed by atoms with Crippen LogP contribution in [0.2, 0.25) is 10.0 Å². The predicted octanol–water partition coefficient (Wildman–Crippen LogP) is 4.54. The van der Waals surface area contributed by atoms with Gasteiger partial charge in [-0.2, -0.15) is 16.6 Å². The van der Waals surface area contributed by atoms with Gasteiger partial charge in [-0.1, -0.05) is 29.3 Å². The maximum atomic E-state index is 12.1. The van der Waals surface area contributed by atoms with Crippen molar-refractivity contribution < 1.29 is 4.79 Å². The molecule has 0 saturated carbocycles. The monoisotopic (exact) mass is 295 g/mol. The number of hydrogen-bond acceptors (Lipinski definition) is 3. The molecular formula is C13H7Cl2NOS. The number of hydrogen-bond donors (Lipinski definition) is 0. The van der Waals surface area contributed by atoms with E-state index in [0.29, 0.717) is 21.2 Å². The van der Waals surface area contributed by atoms with Gasteiger partial charge in [0.1, 0.15) is 5.92 Å². The fourth-order valence-electron chi connectivity index (χ4n) is 1.55. The molecule has 0 aliphatic heterocycles. The van der Waals surface area contributed by atoms with Crippen LogP contribution in [-0.2, 0) is 0 Å². The van der Waals surface area contributed by atoms with Gasteiger partial charge < -0.3 is 0 Å². The lowest BCUT2D eigenvalue weighted by atomic mass is 9.93. The molecule has 0 aliphatic carbocycles. The van der Waals surface area contributed by atoms with Crippen molar-refractivity contribution in [3.63, 3.8) is 0 Å². The number of benzene rings is 1. The molecule has 0 N–H and O–H groups in total. The first-order valence-corrected chi connectivity index (χ1v) is 6.74. The number of carbonyl (C=O) groups is 1. The van der Waals surface area contributed by atoms with Gasteiger partial charge >= 0.3 is 0 Å². The minimum Gasteiger partial charge on any atom is -0.292 e. The fraction of sp³-hybridized carbons (Fsp3) is 0.0769. The summed E-state index contributed by atoms with van der Waals surface area (Å²) in [6.45, 7) is 0. The number of nitriles is 1. The summed E-state index contributed by atoms with van der Waals surface area (Å²) in [5.74, 6) is -1.08. The van der Waals surface area contributed by atoms with Crippen LogP contribution in [0.3, 0.4) is 0 Å². The van der Waals surface area contributed by atoms with E-state index in [1.165, 1.54) is 11.3 Å². The van der Waals surface area contributed by atoms with Crippen LogP contribution >= 0.6 is 34.5 Å². The summed E-state index contributed by atoms with van der Waals surface area (Å²) in [6, 6.07) is 8.50. The van der Waals surface area contributed by atoms with Crippen LogP contribution in [0.15, 0.2) is 35.0 Å². The standard InChI is InChI=1S/C13H7Cl2NOS/c14-11-2-1-8(5-12(11)15)10(6-16)13(17)9-3-4-18-7-9/h1-5,7,10H. The Labute approximate surface area is 118 Å². The van der Waals surface area contributed by atoms with Gasteiger partial charge in [-0.3, -0.25) is 4.79 Å². The molecule has 2 rings (SSSR count). The zero-order chi connectivity index (χ0) is 13.1. The van der Waals surface area contributed by atoms with E-state index in [4.69, 9.17) is 28.5 Å². The van der Waals surface area contributed by atoms with Crippen molar-refractivity contribution in [3.05, 3.63) is 56.2 Å². The predicted molar refractivity (Wildman–Crippen MR) is 73.5 cm³/mol. The highest BCUT2D eigenvalue weighted by Gasteiger charge is 2.22. The van der Waals surface area contributed by atoms with Crippen LogP contribution in [0.5, 0.6) is 0 Å². The average molecular weight is 296 g/mol. The van der Waals surface area contributed by atoms with Crippen LogP contribution < -0.4 is 0 Å². The van der Waals surface area contributed by atoms with E-state index in [0.717, 1.165) is 0 Å². The molecule has 1 aromatic heterocycles. The summed E-state index contributed by atoms with van der Waals surface area (Å²) in [5.41, 5.74) is 1.10. The SMILES string of the molecule is N#CC(C(=O)c1ccsc1)c1ccc(Cl)c(Cl)c1. The molecule has 0 spiro atoms. The number of carbonyl (C=O) groups excluding carboxylic acids is 1. The van der Waals surface area contributed by atoms with Gasteiger partial charge in [0, 0.05) is 10.9 Å². The molecule has 0 fully saturated rings. The van der Waals surface area contributed by atoms with Crippen molar-refractivity contribution in [1.82, 2.24) is 0 Å². The minimum absolute atomic E-state index is 0.225. The Morgan fingerprint density at radius 2 is 2.06 bits per heavy atom. The van der Waals surface area contributed by atoms with Crippen molar-refractivity contribution in [2.45, 2.75) is 5.92 Å². The van der Waals surface area contributed by atoms with Crippen molar-refractivity contribution in [1.29, 1.82) is 5.26 Å². The average Bonchev–Trinajstić information content (AvgIpc) is 2.88. The zero-order valence-electron chi connectivity index (χ0n) is 9.06. The summed E-state index contributed by atoms with van der Waals surface area (Å²) in [6.07, 6.45) is 0. The van der Waals surface area contributed by atoms with E-state index >= 15 is 0 Å². The second-order valence-corrected chi connectivity index (χ2v) is 5.21. The van der Waals surface area contributed by atoms with Crippen LogP contribution in [0.4, 0.5) is 0 Å². The van der Waals surface area contributed by atoms with Crippen LogP contribution in [-0.4, -0.2) is 5.78 Å². The van der Waals surface area contributed by atoms with E-state index in [2.05, 4.69) is 0 Å². The molecule has 0 amide bonds. The van der Waals surface area contributed by atoms with Crippen LogP contribution in [0.1, 0.15) is 21.8 Å². The molecule has 0 aliphatic rings. The topological polar surface area (TPSA) is 40.9 Å². The molecule has 2 aromatic rings. The third kappa shape index (κ3) is 2.56. The highest BCUT2D eigenvalue weighted by molar-refractivity contribution is 7.08. The van der Waals surface area contributed by atoms with Crippen molar-refractivity contribution in [2.24, 2.45) is 0 Å². The van der Waals surface area contributed by atoms with E-state index in [9.17, 15) is 4.79 Å². The molecule has 18 heavy (non-hydrogen) atoms. The van der Waals surface area contributed by atoms with Gasteiger partial charge in [0.15, 0.2) is 5.78 Å². The molecule has 2 nitrogen and oxygen atoms in total. The Hall–Kier alpha value is -1.34. The molecule has 1 unspecified atom stereocenters. The smallest absolute Gasteiger partial charge is 0.185 e. The highest BCUT2D eigenvalue weighted by Crippen LogP contribution is 2.28. The molecule has 5 heteroatoms. The Balaban J connectivity index is 2.37. The number of thiophene rings is 1. The maximum absolute atomic E-state index is 12.1. The molecule has 90 valence electrons. The summed E-state index contributed by atoms with van der Waals surface area (Å²) < 4.78 is 0. The Kier molecular flexibility index (Phi) is 4.03. The van der Waals surface area contributed by atoms with Crippen LogP contribution in [0.25, 0.3) is 0 Å². The fourth-order valence-corrected chi connectivity index (χ4v) is 2.50. The third-order valence-corrected chi connectivity index (χ3v) is 3.90. The van der Waals surface area contributed by atoms with E-state index in [1.807, 2.05) is 6.07 Å². The van der Waals surface area contributed by atoms with Crippen LogP contribution in [0, 0.1) is 11.3 Å². The Morgan fingerprint density at radius 3 is 2.61 bits per heavy atom. The number of rotatable bonds is 3. The highest BCUT2D eigenvalue weighted by atomic mass is 35.5. The van der Waals surface area contributed by atoms with Gasteiger partial charge in [-0.15, -0.1) is 0 Å². The third-order valence-electron chi connectivity index (χ3n) is 2.47. The lowest BCUT2D eigenvalue weighted by Gasteiger charge is -2.08. The van der Waals surface area contributed by atoms with Gasteiger partial charge in [-0.25, -0.2) is 0 Å². The minimum atomic E-state index is -0.852. The van der Waals surface area contributed by atoms with Crippen molar-refractivity contribution >= 4 is 40.3 Å². The molecule has 1 aromatic carbocycles. The lowest BCUT2D eigenvalue weighted by molar-refractivity contribution is 0.0979. The molecular weight excluding hydrogens is 289 g/mol. The molecule has 1 atom stereocenters. The first-order valence-electron chi connectivity index (χ1n) is 5.04. The second kappa shape index (κ2) is 5.53. The van der Waals surface area contributed by atoms with E-state index in [-0.39, 0.29) is 5.78 Å². The number of halogens is 2. The van der Waals surface area contributed by atoms with Crippen molar-refractivity contribution in [2.75, 3.05) is 0 Å². The van der Waals surface area contributed by atoms with Crippen molar-refractivity contribution in [3.8, 4) is 6.07 Å². The molecule has 1 heterocycles. The lowest BCUT2D eigenvalue weighted by Crippen LogP contribution is -2.10. The first-order chi connectivity index (χ1) is 8.63. The summed E-state index contributed by atoms with van der Waals surface area (Å²) in [7, 11) is 0. The number of ketones is 1. The quantitative estimate of drug-likeness (QED) is 0.780. The second-order valence-electron chi connectivity index (χ2n) is 3.61.